The first-order chi connectivity index (χ1) is 10.1. The summed E-state index contributed by atoms with van der Waals surface area (Å²) < 4.78 is 0. The quantitative estimate of drug-likeness (QED) is 0.731. The number of carbonyl (C=O) groups is 2. The van der Waals surface area contributed by atoms with E-state index in [1.165, 1.54) is 11.3 Å². The number of hydrogen-bond donors (Lipinski definition) is 3. The van der Waals surface area contributed by atoms with Gasteiger partial charge in [-0.25, -0.2) is 0 Å². The molecule has 4 N–H and O–H groups in total. The third-order valence-electron chi connectivity index (χ3n) is 3.06. The summed E-state index contributed by atoms with van der Waals surface area (Å²) in [6.07, 6.45) is 0.0277. The van der Waals surface area contributed by atoms with Crippen molar-refractivity contribution in [2.24, 2.45) is 5.73 Å². The van der Waals surface area contributed by atoms with Crippen LogP contribution in [0.3, 0.4) is 0 Å². The number of carboxylic acids is 1. The van der Waals surface area contributed by atoms with E-state index in [9.17, 15) is 9.59 Å². The van der Waals surface area contributed by atoms with Gasteiger partial charge in [-0.15, -0.1) is 11.3 Å². The maximum Gasteiger partial charge on any atom is 0.305 e. The lowest BCUT2D eigenvalue weighted by Crippen LogP contribution is -2.22. The molecule has 0 bridgehead atoms. The maximum absolute atomic E-state index is 11.0. The molecule has 0 fully saturated rings. The van der Waals surface area contributed by atoms with Crippen molar-refractivity contribution < 1.29 is 14.7 Å². The molecule has 0 aliphatic heterocycles. The zero-order valence-corrected chi connectivity index (χ0v) is 12.1. The molecule has 0 saturated heterocycles. The third kappa shape index (κ3) is 4.40. The molecule has 1 aromatic heterocycles. The van der Waals surface area contributed by atoms with E-state index in [0.717, 1.165) is 10.4 Å². The highest BCUT2D eigenvalue weighted by atomic mass is 32.1. The van der Waals surface area contributed by atoms with Crippen LogP contribution in [0.5, 0.6) is 0 Å². The van der Waals surface area contributed by atoms with Crippen LogP contribution in [0.1, 0.15) is 33.3 Å². The Bertz CT molecular complexity index is 608. The van der Waals surface area contributed by atoms with Gasteiger partial charge in [0.15, 0.2) is 0 Å². The van der Waals surface area contributed by atoms with Gasteiger partial charge in [0.25, 0.3) is 0 Å². The molecule has 110 valence electrons. The van der Waals surface area contributed by atoms with Crippen molar-refractivity contribution in [1.29, 1.82) is 0 Å². The fourth-order valence-corrected chi connectivity index (χ4v) is 2.77. The summed E-state index contributed by atoms with van der Waals surface area (Å²) in [6, 6.07) is 10.5. The van der Waals surface area contributed by atoms with Gasteiger partial charge >= 0.3 is 5.97 Å². The van der Waals surface area contributed by atoms with Crippen molar-refractivity contribution in [2.75, 3.05) is 0 Å². The molecule has 5 nitrogen and oxygen atoms in total. The van der Waals surface area contributed by atoms with Crippen LogP contribution >= 0.6 is 11.3 Å². The first-order valence-corrected chi connectivity index (χ1v) is 7.31. The smallest absolute Gasteiger partial charge is 0.305 e. The van der Waals surface area contributed by atoms with E-state index in [4.69, 9.17) is 10.8 Å². The van der Waals surface area contributed by atoms with Crippen molar-refractivity contribution in [1.82, 2.24) is 5.32 Å². The topological polar surface area (TPSA) is 92.4 Å². The lowest BCUT2D eigenvalue weighted by molar-refractivity contribution is -0.137. The Labute approximate surface area is 126 Å². The number of aliphatic carboxylic acids is 1. The van der Waals surface area contributed by atoms with Crippen molar-refractivity contribution in [2.45, 2.75) is 19.0 Å². The lowest BCUT2D eigenvalue weighted by atomic mass is 10.1. The molecule has 6 heteroatoms. The number of amides is 1. The molecule has 2 aromatic rings. The number of benzene rings is 1. The summed E-state index contributed by atoms with van der Waals surface area (Å²) in [4.78, 5) is 22.9. The number of carboxylic acid groups (broad SMARTS) is 1. The second-order valence-corrected chi connectivity index (χ2v) is 5.59. The Morgan fingerprint density at radius 1 is 1.24 bits per heavy atom. The molecule has 0 spiro atoms. The average Bonchev–Trinajstić information content (AvgIpc) is 2.97. The highest BCUT2D eigenvalue weighted by Gasteiger charge is 2.15. The molecule has 0 aliphatic carbocycles. The number of nitrogens with two attached hydrogens (primary N) is 1. The Hall–Kier alpha value is -2.18. The van der Waals surface area contributed by atoms with Crippen LogP contribution in [0.4, 0.5) is 0 Å². The predicted octanol–water partition coefficient (Wildman–Crippen LogP) is 2.15. The molecule has 2 rings (SSSR count). The highest BCUT2D eigenvalue weighted by molar-refractivity contribution is 7.10. The summed E-state index contributed by atoms with van der Waals surface area (Å²) in [7, 11) is 0. The Morgan fingerprint density at radius 2 is 1.95 bits per heavy atom. The van der Waals surface area contributed by atoms with Crippen LogP contribution < -0.4 is 11.1 Å². The predicted molar refractivity (Wildman–Crippen MR) is 81.1 cm³/mol. The van der Waals surface area contributed by atoms with Crippen LogP contribution in [0.25, 0.3) is 0 Å². The van der Waals surface area contributed by atoms with E-state index in [2.05, 4.69) is 5.32 Å². The zero-order chi connectivity index (χ0) is 15.2. The summed E-state index contributed by atoms with van der Waals surface area (Å²) in [5.74, 6) is -1.30. The van der Waals surface area contributed by atoms with Gasteiger partial charge in [-0.05, 0) is 29.1 Å². The summed E-state index contributed by atoms with van der Waals surface area (Å²) in [6.45, 7) is 0.523. The van der Waals surface area contributed by atoms with Crippen molar-refractivity contribution in [3.8, 4) is 0 Å². The average molecular weight is 304 g/mol. The molecular weight excluding hydrogens is 288 g/mol. The van der Waals surface area contributed by atoms with Crippen molar-refractivity contribution in [3.63, 3.8) is 0 Å². The van der Waals surface area contributed by atoms with Crippen LogP contribution in [0, 0.1) is 0 Å². The minimum atomic E-state index is -0.843. The van der Waals surface area contributed by atoms with Crippen LogP contribution in [-0.2, 0) is 11.3 Å². The monoisotopic (exact) mass is 304 g/mol. The van der Waals surface area contributed by atoms with E-state index in [1.54, 1.807) is 24.3 Å². The van der Waals surface area contributed by atoms with E-state index < -0.39 is 11.9 Å². The van der Waals surface area contributed by atoms with Crippen molar-refractivity contribution >= 4 is 23.2 Å². The first kappa shape index (κ1) is 15.2. The second kappa shape index (κ2) is 7.01. The number of thiophene rings is 1. The van der Waals surface area contributed by atoms with Gasteiger partial charge in [0, 0.05) is 17.0 Å². The second-order valence-electron chi connectivity index (χ2n) is 4.61. The summed E-state index contributed by atoms with van der Waals surface area (Å²) >= 11 is 1.53. The van der Waals surface area contributed by atoms with Gasteiger partial charge in [0.2, 0.25) is 5.91 Å². The summed E-state index contributed by atoms with van der Waals surface area (Å²) in [5.41, 5.74) is 6.61. The number of rotatable bonds is 7. The molecule has 0 aliphatic rings. The van der Waals surface area contributed by atoms with Gasteiger partial charge in [0.1, 0.15) is 0 Å². The third-order valence-corrected chi connectivity index (χ3v) is 4.04. The number of hydrogen-bond acceptors (Lipinski definition) is 4. The lowest BCUT2D eigenvalue weighted by Gasteiger charge is -2.15. The SMILES string of the molecule is NC(=O)c1ccc(CNC(CC(=O)O)c2cccs2)cc1. The van der Waals surface area contributed by atoms with E-state index in [-0.39, 0.29) is 12.5 Å². The Morgan fingerprint density at radius 3 is 2.48 bits per heavy atom. The minimum absolute atomic E-state index is 0.0277. The molecule has 1 aromatic carbocycles. The van der Waals surface area contributed by atoms with Gasteiger partial charge in [0.05, 0.1) is 12.5 Å². The molecule has 1 amide bonds. The largest absolute Gasteiger partial charge is 0.481 e. The standard InChI is InChI=1S/C15H16N2O3S/c16-15(20)11-5-3-10(4-6-11)9-17-12(8-14(18)19)13-2-1-7-21-13/h1-7,12,17H,8-9H2,(H2,16,20)(H,18,19). The number of carbonyl (C=O) groups excluding carboxylic acids is 1. The molecule has 21 heavy (non-hydrogen) atoms. The Kier molecular flexibility index (Phi) is 5.08. The van der Waals surface area contributed by atoms with E-state index in [0.29, 0.717) is 12.1 Å². The molecule has 1 heterocycles. The van der Waals surface area contributed by atoms with E-state index >= 15 is 0 Å². The fourth-order valence-electron chi connectivity index (χ4n) is 1.97. The number of primary amides is 1. The van der Waals surface area contributed by atoms with Gasteiger partial charge < -0.3 is 16.2 Å². The van der Waals surface area contributed by atoms with E-state index in [1.807, 2.05) is 17.5 Å². The van der Waals surface area contributed by atoms with Crippen LogP contribution in [0.15, 0.2) is 41.8 Å². The molecule has 1 atom stereocenters. The maximum atomic E-state index is 11.0. The molecule has 1 unspecified atom stereocenters. The number of nitrogens with one attached hydrogen (secondary N) is 1. The Balaban J connectivity index is 2.01. The van der Waals surface area contributed by atoms with Crippen LogP contribution in [-0.4, -0.2) is 17.0 Å². The van der Waals surface area contributed by atoms with Crippen LogP contribution in [0.2, 0.25) is 0 Å². The van der Waals surface area contributed by atoms with Gasteiger partial charge in [-0.3, -0.25) is 9.59 Å². The summed E-state index contributed by atoms with van der Waals surface area (Å²) in [5, 5.41) is 14.1. The first-order valence-electron chi connectivity index (χ1n) is 6.43. The zero-order valence-electron chi connectivity index (χ0n) is 11.3. The molecule has 0 radical (unpaired) electrons. The fraction of sp³-hybridized carbons (Fsp3) is 0.200. The van der Waals surface area contributed by atoms with Gasteiger partial charge in [-0.2, -0.15) is 0 Å². The van der Waals surface area contributed by atoms with Crippen molar-refractivity contribution in [3.05, 3.63) is 57.8 Å². The molecular formula is C15H16N2O3S. The minimum Gasteiger partial charge on any atom is -0.481 e. The molecule has 0 saturated carbocycles. The normalized spacial score (nSPS) is 12.0. The van der Waals surface area contributed by atoms with Gasteiger partial charge in [-0.1, -0.05) is 18.2 Å². The highest BCUT2D eigenvalue weighted by Crippen LogP contribution is 2.22.